The Morgan fingerprint density at radius 1 is 1.09 bits per heavy atom. The number of piperidine rings is 1. The van der Waals surface area contributed by atoms with E-state index in [4.69, 9.17) is 5.11 Å². The number of hydrogen-bond acceptors (Lipinski definition) is 3. The molecular formula is C18H20N2O2. The Labute approximate surface area is 130 Å². The van der Waals surface area contributed by atoms with Crippen LogP contribution in [-0.4, -0.2) is 34.0 Å². The summed E-state index contributed by atoms with van der Waals surface area (Å²) in [4.78, 5) is 17.4. The third-order valence-corrected chi connectivity index (χ3v) is 4.37. The maximum atomic E-state index is 10.9. The smallest absolute Gasteiger partial charge is 0.335 e. The van der Waals surface area contributed by atoms with E-state index in [-0.39, 0.29) is 0 Å². The van der Waals surface area contributed by atoms with E-state index in [0.29, 0.717) is 11.5 Å². The standard InChI is InChI=1S/C18H20N2O2/c21-18(22)17-3-1-14(2-4-17)13-20-11-7-16(8-12-20)15-5-9-19-10-6-15/h1-6,9-10,16H,7-8,11-13H2,(H,21,22). The van der Waals surface area contributed by atoms with Gasteiger partial charge in [0.2, 0.25) is 0 Å². The first-order valence-corrected chi connectivity index (χ1v) is 7.67. The first kappa shape index (κ1) is 14.7. The summed E-state index contributed by atoms with van der Waals surface area (Å²) in [5, 5.41) is 8.92. The van der Waals surface area contributed by atoms with Gasteiger partial charge in [0.05, 0.1) is 5.56 Å². The van der Waals surface area contributed by atoms with Crippen LogP contribution in [0.1, 0.15) is 40.2 Å². The molecule has 0 saturated carbocycles. The molecule has 1 fully saturated rings. The van der Waals surface area contributed by atoms with E-state index >= 15 is 0 Å². The van der Waals surface area contributed by atoms with E-state index in [0.717, 1.165) is 32.5 Å². The van der Waals surface area contributed by atoms with Crippen LogP contribution in [0.4, 0.5) is 0 Å². The summed E-state index contributed by atoms with van der Waals surface area (Å²) in [6.45, 7) is 3.05. The lowest BCUT2D eigenvalue weighted by atomic mass is 9.90. The molecule has 22 heavy (non-hydrogen) atoms. The first-order valence-electron chi connectivity index (χ1n) is 7.67. The fourth-order valence-corrected chi connectivity index (χ4v) is 3.07. The van der Waals surface area contributed by atoms with Crippen molar-refractivity contribution in [2.45, 2.75) is 25.3 Å². The Kier molecular flexibility index (Phi) is 4.49. The predicted octanol–water partition coefficient (Wildman–Crippen LogP) is 3.16. The van der Waals surface area contributed by atoms with Gasteiger partial charge < -0.3 is 5.11 Å². The number of benzene rings is 1. The maximum absolute atomic E-state index is 10.9. The molecule has 4 nitrogen and oxygen atoms in total. The molecule has 0 amide bonds. The minimum Gasteiger partial charge on any atom is -0.478 e. The Bertz CT molecular complexity index is 617. The van der Waals surface area contributed by atoms with Crippen molar-refractivity contribution in [1.29, 1.82) is 0 Å². The Morgan fingerprint density at radius 3 is 2.32 bits per heavy atom. The van der Waals surface area contributed by atoms with Gasteiger partial charge in [-0.1, -0.05) is 12.1 Å². The first-order chi connectivity index (χ1) is 10.7. The SMILES string of the molecule is O=C(O)c1ccc(CN2CCC(c3ccncc3)CC2)cc1. The number of carbonyl (C=O) groups is 1. The molecule has 0 atom stereocenters. The van der Waals surface area contributed by atoms with Crippen LogP contribution in [0.2, 0.25) is 0 Å². The Morgan fingerprint density at radius 2 is 1.73 bits per heavy atom. The Hall–Kier alpha value is -2.20. The van der Waals surface area contributed by atoms with Crippen molar-refractivity contribution in [3.63, 3.8) is 0 Å². The summed E-state index contributed by atoms with van der Waals surface area (Å²) in [5.74, 6) is -0.238. The van der Waals surface area contributed by atoms with Crippen LogP contribution in [0, 0.1) is 0 Å². The van der Waals surface area contributed by atoms with Gasteiger partial charge in [-0.3, -0.25) is 9.88 Å². The summed E-state index contributed by atoms with van der Waals surface area (Å²) in [6.07, 6.45) is 6.06. The van der Waals surface area contributed by atoms with Crippen LogP contribution in [-0.2, 0) is 6.54 Å². The molecule has 4 heteroatoms. The lowest BCUT2D eigenvalue weighted by Crippen LogP contribution is -2.32. The molecule has 1 aromatic carbocycles. The molecule has 2 aromatic rings. The van der Waals surface area contributed by atoms with Gasteiger partial charge in [0.1, 0.15) is 0 Å². The summed E-state index contributed by atoms with van der Waals surface area (Å²) in [5.41, 5.74) is 2.91. The van der Waals surface area contributed by atoms with E-state index in [2.05, 4.69) is 22.0 Å². The van der Waals surface area contributed by atoms with Crippen molar-refractivity contribution in [2.75, 3.05) is 13.1 Å². The molecule has 2 heterocycles. The van der Waals surface area contributed by atoms with Crippen molar-refractivity contribution in [1.82, 2.24) is 9.88 Å². The molecule has 1 aliphatic rings. The van der Waals surface area contributed by atoms with Gasteiger partial charge in [0.25, 0.3) is 0 Å². The van der Waals surface area contributed by atoms with Gasteiger partial charge in [-0.2, -0.15) is 0 Å². The van der Waals surface area contributed by atoms with Crippen molar-refractivity contribution < 1.29 is 9.90 Å². The third-order valence-electron chi connectivity index (χ3n) is 4.37. The second-order valence-electron chi connectivity index (χ2n) is 5.83. The van der Waals surface area contributed by atoms with Gasteiger partial charge in [-0.15, -0.1) is 0 Å². The summed E-state index contributed by atoms with van der Waals surface area (Å²) >= 11 is 0. The highest BCUT2D eigenvalue weighted by Gasteiger charge is 2.20. The molecule has 114 valence electrons. The second kappa shape index (κ2) is 6.71. The highest BCUT2D eigenvalue weighted by atomic mass is 16.4. The molecule has 3 rings (SSSR count). The van der Waals surface area contributed by atoms with E-state index in [1.165, 1.54) is 11.1 Å². The number of nitrogens with zero attached hydrogens (tertiary/aromatic N) is 2. The number of aromatic nitrogens is 1. The number of carboxylic acids is 1. The molecule has 0 spiro atoms. The van der Waals surface area contributed by atoms with Crippen LogP contribution in [0.15, 0.2) is 48.8 Å². The van der Waals surface area contributed by atoms with Gasteiger partial charge >= 0.3 is 5.97 Å². The summed E-state index contributed by atoms with van der Waals surface area (Å²) in [7, 11) is 0. The van der Waals surface area contributed by atoms with Gasteiger partial charge in [-0.25, -0.2) is 4.79 Å². The Balaban J connectivity index is 1.54. The van der Waals surface area contributed by atoms with Crippen molar-refractivity contribution in [3.05, 3.63) is 65.5 Å². The minimum atomic E-state index is -0.871. The van der Waals surface area contributed by atoms with Gasteiger partial charge in [-0.05, 0) is 67.2 Å². The highest BCUT2D eigenvalue weighted by molar-refractivity contribution is 5.87. The van der Waals surface area contributed by atoms with Crippen LogP contribution >= 0.6 is 0 Å². The number of rotatable bonds is 4. The molecule has 0 radical (unpaired) electrons. The zero-order chi connectivity index (χ0) is 15.4. The van der Waals surface area contributed by atoms with E-state index in [9.17, 15) is 4.79 Å². The van der Waals surface area contributed by atoms with Gasteiger partial charge in [0.15, 0.2) is 0 Å². The summed E-state index contributed by atoms with van der Waals surface area (Å²) in [6, 6.07) is 11.4. The quantitative estimate of drug-likeness (QED) is 0.941. The fraction of sp³-hybridized carbons (Fsp3) is 0.333. The number of carboxylic acid groups (broad SMARTS) is 1. The average Bonchev–Trinajstić information content (AvgIpc) is 2.57. The van der Waals surface area contributed by atoms with Crippen molar-refractivity contribution in [3.8, 4) is 0 Å². The van der Waals surface area contributed by atoms with Crippen LogP contribution < -0.4 is 0 Å². The van der Waals surface area contributed by atoms with Crippen LogP contribution in [0.3, 0.4) is 0 Å². The molecule has 1 N–H and O–H groups in total. The van der Waals surface area contributed by atoms with Gasteiger partial charge in [0, 0.05) is 18.9 Å². The van der Waals surface area contributed by atoms with Crippen molar-refractivity contribution in [2.24, 2.45) is 0 Å². The molecule has 1 saturated heterocycles. The molecule has 0 aliphatic carbocycles. The number of likely N-dealkylation sites (tertiary alicyclic amines) is 1. The molecule has 1 aliphatic heterocycles. The number of pyridine rings is 1. The molecule has 0 bridgehead atoms. The lowest BCUT2D eigenvalue weighted by molar-refractivity contribution is 0.0697. The topological polar surface area (TPSA) is 53.4 Å². The highest BCUT2D eigenvalue weighted by Crippen LogP contribution is 2.28. The zero-order valence-electron chi connectivity index (χ0n) is 12.5. The monoisotopic (exact) mass is 296 g/mol. The third kappa shape index (κ3) is 3.52. The average molecular weight is 296 g/mol. The summed E-state index contributed by atoms with van der Waals surface area (Å²) < 4.78 is 0. The molecular weight excluding hydrogens is 276 g/mol. The number of aromatic carboxylic acids is 1. The normalized spacial score (nSPS) is 16.5. The largest absolute Gasteiger partial charge is 0.478 e. The molecule has 0 unspecified atom stereocenters. The number of hydrogen-bond donors (Lipinski definition) is 1. The lowest BCUT2D eigenvalue weighted by Gasteiger charge is -2.32. The molecule has 1 aromatic heterocycles. The maximum Gasteiger partial charge on any atom is 0.335 e. The van der Waals surface area contributed by atoms with E-state index < -0.39 is 5.97 Å². The zero-order valence-corrected chi connectivity index (χ0v) is 12.5. The van der Waals surface area contributed by atoms with Crippen molar-refractivity contribution >= 4 is 5.97 Å². The van der Waals surface area contributed by atoms with E-state index in [1.54, 1.807) is 12.1 Å². The fourth-order valence-electron chi connectivity index (χ4n) is 3.07. The van der Waals surface area contributed by atoms with Crippen LogP contribution in [0.25, 0.3) is 0 Å². The van der Waals surface area contributed by atoms with Crippen LogP contribution in [0.5, 0.6) is 0 Å². The predicted molar refractivity (Wildman–Crippen MR) is 84.9 cm³/mol. The minimum absolute atomic E-state index is 0.347. The second-order valence-corrected chi connectivity index (χ2v) is 5.83. The van der Waals surface area contributed by atoms with E-state index in [1.807, 2.05) is 24.5 Å².